The summed E-state index contributed by atoms with van der Waals surface area (Å²) < 4.78 is 0. The van der Waals surface area contributed by atoms with E-state index in [4.69, 9.17) is 0 Å². The molecule has 0 atom stereocenters. The van der Waals surface area contributed by atoms with Crippen molar-refractivity contribution in [2.45, 2.75) is 19.8 Å². The second-order valence-electron chi connectivity index (χ2n) is 6.22. The van der Waals surface area contributed by atoms with Gasteiger partial charge in [0.2, 0.25) is 11.8 Å². The minimum absolute atomic E-state index is 0.0634. The van der Waals surface area contributed by atoms with Crippen molar-refractivity contribution in [1.29, 1.82) is 0 Å². The molecule has 0 radical (unpaired) electrons. The van der Waals surface area contributed by atoms with Crippen molar-refractivity contribution >= 4 is 39.8 Å². The fourth-order valence-electron chi connectivity index (χ4n) is 2.58. The first-order chi connectivity index (χ1) is 13.5. The van der Waals surface area contributed by atoms with Gasteiger partial charge in [0.05, 0.1) is 18.5 Å². The number of rotatable bonds is 7. The van der Waals surface area contributed by atoms with Crippen LogP contribution in [0.25, 0.3) is 0 Å². The van der Waals surface area contributed by atoms with Gasteiger partial charge in [-0.2, -0.15) is 0 Å². The monoisotopic (exact) mass is 393 g/mol. The molecule has 0 aliphatic rings. The van der Waals surface area contributed by atoms with Crippen LogP contribution in [0.1, 0.15) is 28.5 Å². The van der Waals surface area contributed by atoms with Gasteiger partial charge >= 0.3 is 0 Å². The van der Waals surface area contributed by atoms with Crippen LogP contribution in [0, 0.1) is 0 Å². The number of carbonyl (C=O) groups is 3. The molecule has 3 aromatic rings. The summed E-state index contributed by atoms with van der Waals surface area (Å²) in [4.78, 5) is 40.0. The van der Waals surface area contributed by atoms with E-state index in [2.05, 4.69) is 15.6 Å². The van der Waals surface area contributed by atoms with Gasteiger partial charge in [-0.1, -0.05) is 42.5 Å². The summed E-state index contributed by atoms with van der Waals surface area (Å²) in [6.07, 6.45) is 0.345. The highest BCUT2D eigenvalue weighted by Gasteiger charge is 2.11. The van der Waals surface area contributed by atoms with E-state index in [1.807, 2.05) is 30.3 Å². The highest BCUT2D eigenvalue weighted by atomic mass is 32.1. The summed E-state index contributed by atoms with van der Waals surface area (Å²) in [7, 11) is 0. The SMILES string of the molecule is CC(=O)c1cccc(NC(=O)Cc2csc(NC(=O)Cc3ccccc3)n2)c1. The lowest BCUT2D eigenvalue weighted by molar-refractivity contribution is -0.116. The molecule has 0 saturated heterocycles. The van der Waals surface area contributed by atoms with Crippen LogP contribution in [0.5, 0.6) is 0 Å². The van der Waals surface area contributed by atoms with E-state index in [0.717, 1.165) is 5.56 Å². The molecule has 0 spiro atoms. The molecule has 2 amide bonds. The van der Waals surface area contributed by atoms with Gasteiger partial charge in [-0.25, -0.2) is 4.98 Å². The van der Waals surface area contributed by atoms with Crippen LogP contribution in [-0.2, 0) is 22.4 Å². The summed E-state index contributed by atoms with van der Waals surface area (Å²) in [5.41, 5.74) is 2.59. The Bertz CT molecular complexity index is 999. The van der Waals surface area contributed by atoms with Gasteiger partial charge in [-0.3, -0.25) is 14.4 Å². The van der Waals surface area contributed by atoms with Crippen molar-refractivity contribution in [3.05, 3.63) is 76.8 Å². The Hall–Kier alpha value is -3.32. The number of anilines is 2. The second kappa shape index (κ2) is 9.05. The van der Waals surface area contributed by atoms with Gasteiger partial charge in [0, 0.05) is 16.6 Å². The third kappa shape index (κ3) is 5.59. The molecule has 1 aromatic heterocycles. The third-order valence-corrected chi connectivity index (χ3v) is 4.71. The number of nitrogens with zero attached hydrogens (tertiary/aromatic N) is 1. The van der Waals surface area contributed by atoms with E-state index in [1.165, 1.54) is 18.3 Å². The number of amides is 2. The number of hydrogen-bond donors (Lipinski definition) is 2. The Morgan fingerprint density at radius 2 is 1.68 bits per heavy atom. The zero-order chi connectivity index (χ0) is 19.9. The van der Waals surface area contributed by atoms with Crippen LogP contribution in [0.15, 0.2) is 60.0 Å². The minimum atomic E-state index is -0.242. The zero-order valence-electron chi connectivity index (χ0n) is 15.3. The number of nitrogens with one attached hydrogen (secondary N) is 2. The normalized spacial score (nSPS) is 10.3. The fourth-order valence-corrected chi connectivity index (χ4v) is 3.30. The lowest BCUT2D eigenvalue weighted by atomic mass is 10.1. The quantitative estimate of drug-likeness (QED) is 0.599. The van der Waals surface area contributed by atoms with Crippen LogP contribution in [0.3, 0.4) is 0 Å². The largest absolute Gasteiger partial charge is 0.326 e. The zero-order valence-corrected chi connectivity index (χ0v) is 16.1. The third-order valence-electron chi connectivity index (χ3n) is 3.90. The molecule has 2 aromatic carbocycles. The van der Waals surface area contributed by atoms with E-state index < -0.39 is 0 Å². The summed E-state index contributed by atoms with van der Waals surface area (Å²) in [6, 6.07) is 16.2. The molecule has 0 aliphatic carbocycles. The lowest BCUT2D eigenvalue weighted by Crippen LogP contribution is -2.16. The van der Waals surface area contributed by atoms with Crippen LogP contribution < -0.4 is 10.6 Å². The molecule has 1 heterocycles. The molecule has 6 nitrogen and oxygen atoms in total. The average molecular weight is 393 g/mol. The molecule has 0 aliphatic heterocycles. The van der Waals surface area contributed by atoms with E-state index in [1.54, 1.807) is 29.6 Å². The second-order valence-corrected chi connectivity index (χ2v) is 7.07. The molecule has 0 saturated carbocycles. The standard InChI is InChI=1S/C21H19N3O3S/c1-14(25)16-8-5-9-17(11-16)22-20(27)12-18-13-28-21(23-18)24-19(26)10-15-6-3-2-4-7-15/h2-9,11,13H,10,12H2,1H3,(H,22,27)(H,23,24,26). The van der Waals surface area contributed by atoms with Gasteiger partial charge in [0.25, 0.3) is 0 Å². The van der Waals surface area contributed by atoms with Gasteiger partial charge in [-0.15, -0.1) is 11.3 Å². The van der Waals surface area contributed by atoms with Gasteiger partial charge in [0.1, 0.15) is 0 Å². The molecule has 3 rings (SSSR count). The predicted octanol–water partition coefficient (Wildman–Crippen LogP) is 3.71. The Morgan fingerprint density at radius 1 is 0.929 bits per heavy atom. The van der Waals surface area contributed by atoms with Crippen LogP contribution in [0.4, 0.5) is 10.8 Å². The Balaban J connectivity index is 1.54. The molecule has 0 unspecified atom stereocenters. The predicted molar refractivity (Wildman–Crippen MR) is 110 cm³/mol. The minimum Gasteiger partial charge on any atom is -0.326 e. The first kappa shape index (κ1) is 19.4. The van der Waals surface area contributed by atoms with Crippen LogP contribution in [-0.4, -0.2) is 22.6 Å². The highest BCUT2D eigenvalue weighted by molar-refractivity contribution is 7.13. The number of aromatic nitrogens is 1. The first-order valence-corrected chi connectivity index (χ1v) is 9.56. The topological polar surface area (TPSA) is 88.2 Å². The van der Waals surface area contributed by atoms with E-state index >= 15 is 0 Å². The van der Waals surface area contributed by atoms with Gasteiger partial charge < -0.3 is 10.6 Å². The maximum absolute atomic E-state index is 12.2. The summed E-state index contributed by atoms with van der Waals surface area (Å²) in [5, 5.41) is 7.71. The molecule has 7 heteroatoms. The van der Waals surface area contributed by atoms with Crippen molar-refractivity contribution < 1.29 is 14.4 Å². The van der Waals surface area contributed by atoms with Crippen molar-refractivity contribution in [3.8, 4) is 0 Å². The molecule has 2 N–H and O–H groups in total. The number of Topliss-reactive ketones (excluding diaryl/α,β-unsaturated/α-hetero) is 1. The smallest absolute Gasteiger partial charge is 0.230 e. The number of ketones is 1. The van der Waals surface area contributed by atoms with Crippen LogP contribution >= 0.6 is 11.3 Å². The first-order valence-electron chi connectivity index (χ1n) is 8.68. The fraction of sp³-hybridized carbons (Fsp3) is 0.143. The molecular formula is C21H19N3O3S. The summed E-state index contributed by atoms with van der Waals surface area (Å²) in [5.74, 6) is -0.461. The molecule has 0 fully saturated rings. The van der Waals surface area contributed by atoms with Crippen molar-refractivity contribution in [1.82, 2.24) is 4.98 Å². The van der Waals surface area contributed by atoms with Crippen molar-refractivity contribution in [2.75, 3.05) is 10.6 Å². The average Bonchev–Trinajstić information content (AvgIpc) is 3.09. The number of hydrogen-bond acceptors (Lipinski definition) is 5. The highest BCUT2D eigenvalue weighted by Crippen LogP contribution is 2.17. The van der Waals surface area contributed by atoms with E-state index in [9.17, 15) is 14.4 Å². The molecule has 28 heavy (non-hydrogen) atoms. The Morgan fingerprint density at radius 3 is 2.43 bits per heavy atom. The maximum atomic E-state index is 12.2. The number of carbonyl (C=O) groups excluding carboxylic acids is 3. The van der Waals surface area contributed by atoms with Crippen molar-refractivity contribution in [2.24, 2.45) is 0 Å². The molecule has 0 bridgehead atoms. The van der Waals surface area contributed by atoms with E-state index in [0.29, 0.717) is 22.1 Å². The summed E-state index contributed by atoms with van der Waals surface area (Å²) in [6.45, 7) is 1.48. The summed E-state index contributed by atoms with van der Waals surface area (Å²) >= 11 is 1.28. The van der Waals surface area contributed by atoms with E-state index in [-0.39, 0.29) is 30.4 Å². The lowest BCUT2D eigenvalue weighted by Gasteiger charge is -2.05. The molecule has 142 valence electrons. The maximum Gasteiger partial charge on any atom is 0.230 e. The Kier molecular flexibility index (Phi) is 6.29. The molecular weight excluding hydrogens is 374 g/mol. The van der Waals surface area contributed by atoms with Gasteiger partial charge in [0.15, 0.2) is 10.9 Å². The number of thiazole rings is 1. The Labute approximate surface area is 166 Å². The van der Waals surface area contributed by atoms with Crippen molar-refractivity contribution in [3.63, 3.8) is 0 Å². The van der Waals surface area contributed by atoms with Crippen LogP contribution in [0.2, 0.25) is 0 Å². The number of benzene rings is 2. The van der Waals surface area contributed by atoms with Gasteiger partial charge in [-0.05, 0) is 24.6 Å².